The van der Waals surface area contributed by atoms with Gasteiger partial charge in [0.2, 0.25) is 5.96 Å². The molecule has 0 unspecified atom stereocenters. The lowest BCUT2D eigenvalue weighted by Crippen LogP contribution is -2.44. The standard InChI is InChI=1S/C22H25N3/c1-4-24(19-13-8-10-17(3)16-19)22(23)25(5-2)21-15-9-12-18-11-6-7-14-20(18)21/h6-16,23H,4-5H2,1-3H3. The van der Waals surface area contributed by atoms with Crippen LogP contribution >= 0.6 is 0 Å². The quantitative estimate of drug-likeness (QED) is 0.510. The van der Waals surface area contributed by atoms with E-state index in [1.165, 1.54) is 16.3 Å². The Kier molecular flexibility index (Phi) is 5.03. The van der Waals surface area contributed by atoms with Crippen molar-refractivity contribution < 1.29 is 0 Å². The molecule has 0 aliphatic carbocycles. The summed E-state index contributed by atoms with van der Waals surface area (Å²) in [4.78, 5) is 4.13. The second-order valence-electron chi connectivity index (χ2n) is 6.15. The summed E-state index contributed by atoms with van der Waals surface area (Å²) < 4.78 is 0. The van der Waals surface area contributed by atoms with Crippen molar-refractivity contribution in [2.45, 2.75) is 20.8 Å². The molecule has 0 radical (unpaired) electrons. The van der Waals surface area contributed by atoms with Gasteiger partial charge in [-0.15, -0.1) is 0 Å². The van der Waals surface area contributed by atoms with Gasteiger partial charge < -0.3 is 9.80 Å². The SMILES string of the molecule is CCN(C(=N)N(CC)c1cccc2ccccc12)c1cccc(C)c1. The molecule has 128 valence electrons. The van der Waals surface area contributed by atoms with Crippen molar-refractivity contribution in [3.8, 4) is 0 Å². The molecule has 0 aliphatic rings. The fourth-order valence-corrected chi connectivity index (χ4v) is 3.27. The molecular formula is C22H25N3. The second-order valence-corrected chi connectivity index (χ2v) is 6.15. The minimum absolute atomic E-state index is 0.506. The van der Waals surface area contributed by atoms with Crippen molar-refractivity contribution in [1.29, 1.82) is 5.41 Å². The zero-order valence-electron chi connectivity index (χ0n) is 15.2. The van der Waals surface area contributed by atoms with Gasteiger partial charge in [0.05, 0.1) is 5.69 Å². The van der Waals surface area contributed by atoms with Crippen LogP contribution < -0.4 is 9.80 Å². The lowest BCUT2D eigenvalue weighted by atomic mass is 10.1. The van der Waals surface area contributed by atoms with E-state index < -0.39 is 0 Å². The number of nitrogens with zero attached hydrogens (tertiary/aromatic N) is 2. The zero-order chi connectivity index (χ0) is 17.8. The van der Waals surface area contributed by atoms with Crippen molar-refractivity contribution in [2.24, 2.45) is 0 Å². The molecule has 3 heteroatoms. The molecule has 0 heterocycles. The molecule has 0 atom stereocenters. The van der Waals surface area contributed by atoms with Crippen molar-refractivity contribution in [1.82, 2.24) is 0 Å². The maximum absolute atomic E-state index is 8.88. The number of hydrogen-bond acceptors (Lipinski definition) is 1. The van der Waals surface area contributed by atoms with Crippen molar-refractivity contribution in [2.75, 3.05) is 22.9 Å². The lowest BCUT2D eigenvalue weighted by molar-refractivity contribution is 0.960. The highest BCUT2D eigenvalue weighted by atomic mass is 15.4. The summed E-state index contributed by atoms with van der Waals surface area (Å²) in [6.45, 7) is 7.77. The van der Waals surface area contributed by atoms with Crippen LogP contribution in [0.1, 0.15) is 19.4 Å². The van der Waals surface area contributed by atoms with Crippen LogP contribution in [0, 0.1) is 12.3 Å². The first-order valence-electron chi connectivity index (χ1n) is 8.83. The van der Waals surface area contributed by atoms with E-state index >= 15 is 0 Å². The minimum Gasteiger partial charge on any atom is -0.313 e. The Hall–Kier alpha value is -2.81. The number of anilines is 2. The fourth-order valence-electron chi connectivity index (χ4n) is 3.27. The van der Waals surface area contributed by atoms with Crippen LogP contribution in [0.5, 0.6) is 0 Å². The highest BCUT2D eigenvalue weighted by Gasteiger charge is 2.19. The number of fused-ring (bicyclic) bond motifs is 1. The molecule has 0 amide bonds. The third kappa shape index (κ3) is 3.36. The fraction of sp³-hybridized carbons (Fsp3) is 0.227. The number of hydrogen-bond donors (Lipinski definition) is 1. The first-order valence-corrected chi connectivity index (χ1v) is 8.83. The van der Waals surface area contributed by atoms with E-state index in [-0.39, 0.29) is 0 Å². The zero-order valence-corrected chi connectivity index (χ0v) is 15.2. The number of nitrogens with one attached hydrogen (secondary N) is 1. The molecular weight excluding hydrogens is 306 g/mol. The van der Waals surface area contributed by atoms with Crippen LogP contribution in [-0.2, 0) is 0 Å². The summed E-state index contributed by atoms with van der Waals surface area (Å²) in [6.07, 6.45) is 0. The summed E-state index contributed by atoms with van der Waals surface area (Å²) in [6, 6.07) is 23.0. The van der Waals surface area contributed by atoms with Crippen LogP contribution in [0.3, 0.4) is 0 Å². The third-order valence-electron chi connectivity index (χ3n) is 4.51. The van der Waals surface area contributed by atoms with Crippen LogP contribution in [-0.4, -0.2) is 19.0 Å². The largest absolute Gasteiger partial charge is 0.313 e. The molecule has 3 aromatic carbocycles. The molecule has 0 fully saturated rings. The summed E-state index contributed by atoms with van der Waals surface area (Å²) in [7, 11) is 0. The van der Waals surface area contributed by atoms with Gasteiger partial charge in [0.15, 0.2) is 0 Å². The van der Waals surface area contributed by atoms with E-state index in [0.717, 1.165) is 24.5 Å². The van der Waals surface area contributed by atoms with Crippen LogP contribution in [0.25, 0.3) is 10.8 Å². The van der Waals surface area contributed by atoms with Crippen molar-refractivity contribution in [3.05, 3.63) is 72.3 Å². The average Bonchev–Trinajstić information content (AvgIpc) is 2.63. The van der Waals surface area contributed by atoms with E-state index in [4.69, 9.17) is 5.41 Å². The van der Waals surface area contributed by atoms with E-state index in [9.17, 15) is 0 Å². The van der Waals surface area contributed by atoms with Gasteiger partial charge in [-0.25, -0.2) is 0 Å². The first kappa shape index (κ1) is 17.0. The van der Waals surface area contributed by atoms with Gasteiger partial charge in [0.1, 0.15) is 0 Å². The molecule has 3 aromatic rings. The van der Waals surface area contributed by atoms with E-state index in [0.29, 0.717) is 5.96 Å². The smallest absolute Gasteiger partial charge is 0.202 e. The molecule has 0 saturated heterocycles. The van der Waals surface area contributed by atoms with Gasteiger partial charge in [0.25, 0.3) is 0 Å². The molecule has 1 N–H and O–H groups in total. The monoisotopic (exact) mass is 331 g/mol. The maximum atomic E-state index is 8.88. The van der Waals surface area contributed by atoms with E-state index in [2.05, 4.69) is 97.3 Å². The Balaban J connectivity index is 2.03. The molecule has 25 heavy (non-hydrogen) atoms. The van der Waals surface area contributed by atoms with Gasteiger partial charge in [-0.05, 0) is 49.9 Å². The van der Waals surface area contributed by atoms with Gasteiger partial charge in [-0.2, -0.15) is 0 Å². The first-order chi connectivity index (χ1) is 12.2. The van der Waals surface area contributed by atoms with Gasteiger partial charge in [-0.3, -0.25) is 5.41 Å². The third-order valence-corrected chi connectivity index (χ3v) is 4.51. The number of aryl methyl sites for hydroxylation is 1. The predicted molar refractivity (Wildman–Crippen MR) is 109 cm³/mol. The summed E-state index contributed by atoms with van der Waals surface area (Å²) in [5, 5.41) is 11.3. The van der Waals surface area contributed by atoms with Gasteiger partial charge in [-0.1, -0.05) is 48.5 Å². The Morgan fingerprint density at radius 3 is 2.24 bits per heavy atom. The van der Waals surface area contributed by atoms with E-state index in [1.54, 1.807) is 0 Å². The normalized spacial score (nSPS) is 10.7. The number of guanidine groups is 1. The molecule has 0 aromatic heterocycles. The Bertz CT molecular complexity index is 880. The number of benzene rings is 3. The minimum atomic E-state index is 0.506. The average molecular weight is 331 g/mol. The summed E-state index contributed by atoms with van der Waals surface area (Å²) >= 11 is 0. The van der Waals surface area contributed by atoms with Crippen LogP contribution in [0.2, 0.25) is 0 Å². The highest BCUT2D eigenvalue weighted by Crippen LogP contribution is 2.28. The van der Waals surface area contributed by atoms with E-state index in [1.807, 2.05) is 0 Å². The van der Waals surface area contributed by atoms with Crippen molar-refractivity contribution >= 4 is 28.1 Å². The summed E-state index contributed by atoms with van der Waals surface area (Å²) in [5.74, 6) is 0.506. The Morgan fingerprint density at radius 1 is 0.840 bits per heavy atom. The Morgan fingerprint density at radius 2 is 1.52 bits per heavy atom. The molecule has 0 saturated carbocycles. The summed E-state index contributed by atoms with van der Waals surface area (Å²) in [5.41, 5.74) is 3.35. The molecule has 0 aliphatic heterocycles. The topological polar surface area (TPSA) is 30.3 Å². The number of rotatable bonds is 4. The van der Waals surface area contributed by atoms with Crippen LogP contribution in [0.15, 0.2) is 66.7 Å². The molecule has 3 nitrogen and oxygen atoms in total. The lowest BCUT2D eigenvalue weighted by Gasteiger charge is -2.33. The highest BCUT2D eigenvalue weighted by molar-refractivity contribution is 6.10. The molecule has 0 spiro atoms. The van der Waals surface area contributed by atoms with Crippen molar-refractivity contribution in [3.63, 3.8) is 0 Å². The molecule has 3 rings (SSSR count). The van der Waals surface area contributed by atoms with Gasteiger partial charge in [0, 0.05) is 24.2 Å². The van der Waals surface area contributed by atoms with Crippen LogP contribution in [0.4, 0.5) is 11.4 Å². The second kappa shape index (κ2) is 7.39. The van der Waals surface area contributed by atoms with Gasteiger partial charge >= 0.3 is 0 Å². The Labute approximate surface area is 150 Å². The maximum Gasteiger partial charge on any atom is 0.202 e. The predicted octanol–water partition coefficient (Wildman–Crippen LogP) is 5.44. The molecule has 0 bridgehead atoms.